The van der Waals surface area contributed by atoms with E-state index in [1.165, 1.54) is 9.78 Å². The Morgan fingerprint density at radius 2 is 1.71 bits per heavy atom. The third kappa shape index (κ3) is 6.48. The van der Waals surface area contributed by atoms with Crippen LogP contribution < -0.4 is 11.5 Å². The first-order valence-corrected chi connectivity index (χ1v) is 12.1. The monoisotopic (exact) mass is 491 g/mol. The van der Waals surface area contributed by atoms with Gasteiger partial charge >= 0.3 is 0 Å². The van der Waals surface area contributed by atoms with Gasteiger partial charge in [0.2, 0.25) is 0 Å². The number of amidine groups is 2. The van der Waals surface area contributed by atoms with Crippen molar-refractivity contribution >= 4 is 34.6 Å². The minimum Gasteiger partial charge on any atom is -0.505 e. The average Bonchev–Trinajstić information content (AvgIpc) is 3.23. The van der Waals surface area contributed by atoms with E-state index < -0.39 is 0 Å². The first-order chi connectivity index (χ1) is 16.5. The van der Waals surface area contributed by atoms with E-state index >= 15 is 0 Å². The maximum absolute atomic E-state index is 13.0. The molecule has 0 spiro atoms. The van der Waals surface area contributed by atoms with E-state index in [2.05, 4.69) is 36.8 Å². The molecule has 0 aliphatic rings. The van der Waals surface area contributed by atoms with Crippen molar-refractivity contribution in [2.45, 2.75) is 40.3 Å². The van der Waals surface area contributed by atoms with Crippen LogP contribution >= 0.6 is 11.3 Å². The lowest BCUT2D eigenvalue weighted by Crippen LogP contribution is -2.33. The Morgan fingerprint density at radius 3 is 2.31 bits per heavy atom. The van der Waals surface area contributed by atoms with E-state index in [1.807, 2.05) is 43.3 Å². The van der Waals surface area contributed by atoms with Crippen LogP contribution in [0.15, 0.2) is 70.6 Å². The van der Waals surface area contributed by atoms with Crippen LogP contribution in [-0.4, -0.2) is 34.6 Å². The zero-order chi connectivity index (χ0) is 25.8. The summed E-state index contributed by atoms with van der Waals surface area (Å²) >= 11 is 1.67. The van der Waals surface area contributed by atoms with Crippen molar-refractivity contribution in [3.05, 3.63) is 81.5 Å². The summed E-state index contributed by atoms with van der Waals surface area (Å²) in [6.45, 7) is 8.72. The number of benzene rings is 2. The van der Waals surface area contributed by atoms with Crippen LogP contribution in [0.3, 0.4) is 0 Å². The zero-order valence-electron chi connectivity index (χ0n) is 20.8. The Bertz CT molecular complexity index is 1240. The SMILES string of the molecule is Cc1ccc([C@H](N=C(N)C(N)=Nc2cccc(C(=O)N(C)Cc3ccccc3)c2O)C(C)(C)C)s1. The number of nitrogens with zero attached hydrogens (tertiary/aromatic N) is 3. The van der Waals surface area contributed by atoms with Crippen LogP contribution in [0.1, 0.15) is 52.5 Å². The highest BCUT2D eigenvalue weighted by molar-refractivity contribution is 7.12. The van der Waals surface area contributed by atoms with E-state index in [4.69, 9.17) is 11.5 Å². The molecule has 0 fully saturated rings. The quantitative estimate of drug-likeness (QED) is 0.326. The first kappa shape index (κ1) is 26.0. The minimum atomic E-state index is -0.329. The van der Waals surface area contributed by atoms with Crippen LogP contribution in [0.25, 0.3) is 0 Å². The molecule has 0 saturated heterocycles. The van der Waals surface area contributed by atoms with E-state index in [1.54, 1.807) is 36.6 Å². The van der Waals surface area contributed by atoms with Crippen molar-refractivity contribution in [2.24, 2.45) is 26.9 Å². The molecule has 5 N–H and O–H groups in total. The van der Waals surface area contributed by atoms with Gasteiger partial charge in [-0.1, -0.05) is 57.2 Å². The largest absolute Gasteiger partial charge is 0.505 e. The minimum absolute atomic E-state index is 0.0231. The Balaban J connectivity index is 1.87. The first-order valence-electron chi connectivity index (χ1n) is 11.3. The Hall–Kier alpha value is -3.65. The number of hydrogen-bond acceptors (Lipinski definition) is 5. The number of phenolic OH excluding ortho intramolecular Hbond substituents is 1. The third-order valence-corrected chi connectivity index (χ3v) is 6.53. The Kier molecular flexibility index (Phi) is 7.96. The maximum atomic E-state index is 13.0. The van der Waals surface area contributed by atoms with Gasteiger partial charge < -0.3 is 21.5 Å². The molecule has 8 heteroatoms. The lowest BCUT2D eigenvalue weighted by molar-refractivity contribution is 0.0782. The van der Waals surface area contributed by atoms with Gasteiger partial charge in [-0.15, -0.1) is 11.3 Å². The van der Waals surface area contributed by atoms with Gasteiger partial charge in [0.15, 0.2) is 17.4 Å². The number of thiophene rings is 1. The molecule has 0 bridgehead atoms. The van der Waals surface area contributed by atoms with Gasteiger partial charge in [-0.2, -0.15) is 0 Å². The van der Waals surface area contributed by atoms with Gasteiger partial charge in [0, 0.05) is 23.3 Å². The molecule has 184 valence electrons. The van der Waals surface area contributed by atoms with Crippen molar-refractivity contribution in [3.8, 4) is 5.75 Å². The number of amides is 1. The second-order valence-corrected chi connectivity index (χ2v) is 10.9. The predicted octanol–water partition coefficient (Wildman–Crippen LogP) is 5.17. The molecule has 2 aromatic carbocycles. The van der Waals surface area contributed by atoms with Gasteiger partial charge in [-0.25, -0.2) is 4.99 Å². The summed E-state index contributed by atoms with van der Waals surface area (Å²) in [6.07, 6.45) is 0. The summed E-state index contributed by atoms with van der Waals surface area (Å²) in [6, 6.07) is 18.3. The summed E-state index contributed by atoms with van der Waals surface area (Å²) in [4.78, 5) is 25.8. The summed E-state index contributed by atoms with van der Waals surface area (Å²) in [5, 5.41) is 10.8. The number of nitrogens with two attached hydrogens (primary N) is 2. The highest BCUT2D eigenvalue weighted by Gasteiger charge is 2.28. The standard InChI is InChI=1S/C27H33N5O2S/c1-17-14-15-21(35-17)23(27(2,3)4)31-25(29)24(28)30-20-13-9-12-19(22(20)33)26(34)32(5)16-18-10-7-6-8-11-18/h6-15,23,33H,16H2,1-5H3,(H2,28,30)(H2,29,31)/t23-/m0/s1. The number of aryl methyl sites for hydroxylation is 1. The van der Waals surface area contributed by atoms with Gasteiger partial charge in [0.1, 0.15) is 5.69 Å². The van der Waals surface area contributed by atoms with Crippen LogP contribution in [0.2, 0.25) is 0 Å². The second kappa shape index (κ2) is 10.7. The normalized spacial score (nSPS) is 13.5. The maximum Gasteiger partial charge on any atom is 0.257 e. The van der Waals surface area contributed by atoms with Crippen LogP contribution in [0.4, 0.5) is 5.69 Å². The number of hydrogen-bond donors (Lipinski definition) is 3. The highest BCUT2D eigenvalue weighted by Crippen LogP contribution is 2.39. The molecule has 0 saturated carbocycles. The average molecular weight is 492 g/mol. The van der Waals surface area contributed by atoms with E-state index in [0.717, 1.165) is 10.4 Å². The predicted molar refractivity (Wildman–Crippen MR) is 145 cm³/mol. The Labute approximate surface area is 210 Å². The summed E-state index contributed by atoms with van der Waals surface area (Å²) in [5.74, 6) is -0.530. The fourth-order valence-corrected chi connectivity index (χ4v) is 4.77. The lowest BCUT2D eigenvalue weighted by Gasteiger charge is -2.27. The fraction of sp³-hybridized carbons (Fsp3) is 0.296. The number of rotatable bonds is 6. The summed E-state index contributed by atoms with van der Waals surface area (Å²) in [5.41, 5.74) is 13.5. The number of carbonyl (C=O) groups excluding carboxylic acids is 1. The second-order valence-electron chi connectivity index (χ2n) is 9.55. The molecule has 0 radical (unpaired) electrons. The van der Waals surface area contributed by atoms with Gasteiger partial charge in [-0.3, -0.25) is 9.79 Å². The van der Waals surface area contributed by atoms with Gasteiger partial charge in [-0.05, 0) is 42.2 Å². The molecule has 0 aliphatic carbocycles. The number of aromatic hydroxyl groups is 1. The molecular weight excluding hydrogens is 458 g/mol. The van der Waals surface area contributed by atoms with E-state index in [9.17, 15) is 9.90 Å². The zero-order valence-corrected chi connectivity index (χ0v) is 21.6. The van der Waals surface area contributed by atoms with Crippen molar-refractivity contribution < 1.29 is 9.90 Å². The molecule has 1 heterocycles. The van der Waals surface area contributed by atoms with Crippen molar-refractivity contribution in [1.29, 1.82) is 0 Å². The Morgan fingerprint density at radius 1 is 1.03 bits per heavy atom. The molecule has 3 rings (SSSR count). The molecular formula is C27H33N5O2S. The highest BCUT2D eigenvalue weighted by atomic mass is 32.1. The molecule has 7 nitrogen and oxygen atoms in total. The fourth-order valence-electron chi connectivity index (χ4n) is 3.61. The van der Waals surface area contributed by atoms with Crippen LogP contribution in [0.5, 0.6) is 5.75 Å². The number of carbonyl (C=O) groups is 1. The number of aliphatic imine (C=N–C) groups is 2. The molecule has 35 heavy (non-hydrogen) atoms. The summed E-state index contributed by atoms with van der Waals surface area (Å²) in [7, 11) is 1.68. The molecule has 1 atom stereocenters. The van der Waals surface area contributed by atoms with Crippen molar-refractivity contribution in [1.82, 2.24) is 4.90 Å². The smallest absolute Gasteiger partial charge is 0.257 e. The third-order valence-electron chi connectivity index (χ3n) is 5.48. The molecule has 1 aromatic heterocycles. The molecule has 3 aromatic rings. The molecule has 1 amide bonds. The number of para-hydroxylation sites is 1. The van der Waals surface area contributed by atoms with Gasteiger partial charge in [0.05, 0.1) is 11.6 Å². The van der Waals surface area contributed by atoms with Crippen molar-refractivity contribution in [3.63, 3.8) is 0 Å². The van der Waals surface area contributed by atoms with Crippen molar-refractivity contribution in [2.75, 3.05) is 7.05 Å². The summed E-state index contributed by atoms with van der Waals surface area (Å²) < 4.78 is 0. The molecule has 0 unspecified atom stereocenters. The van der Waals surface area contributed by atoms with Crippen LogP contribution in [-0.2, 0) is 6.54 Å². The number of phenols is 1. The lowest BCUT2D eigenvalue weighted by atomic mass is 9.86. The topological polar surface area (TPSA) is 117 Å². The van der Waals surface area contributed by atoms with Crippen LogP contribution in [0, 0.1) is 12.3 Å². The van der Waals surface area contributed by atoms with E-state index in [0.29, 0.717) is 6.54 Å². The van der Waals surface area contributed by atoms with Gasteiger partial charge in [0.25, 0.3) is 5.91 Å². The molecule has 0 aliphatic heterocycles. The van der Waals surface area contributed by atoms with E-state index in [-0.39, 0.29) is 46.0 Å².